The number of benzene rings is 1. The van der Waals surface area contributed by atoms with Crippen molar-refractivity contribution in [2.45, 2.75) is 13.5 Å². The summed E-state index contributed by atoms with van der Waals surface area (Å²) in [5.41, 5.74) is 2.18. The van der Waals surface area contributed by atoms with Gasteiger partial charge < -0.3 is 8.98 Å². The number of amides is 1. The fraction of sp³-hybridized carbons (Fsp3) is 0.125. The van der Waals surface area contributed by atoms with Crippen LogP contribution in [-0.2, 0) is 6.54 Å². The molecule has 21 heavy (non-hydrogen) atoms. The van der Waals surface area contributed by atoms with Crippen molar-refractivity contribution >= 4 is 17.2 Å². The molecule has 0 fully saturated rings. The Balaban J connectivity index is 2.05. The molecule has 0 aliphatic rings. The number of hydrogen-bond donors (Lipinski definition) is 0. The van der Waals surface area contributed by atoms with Crippen LogP contribution in [-0.4, -0.2) is 10.5 Å². The first kappa shape index (κ1) is 13.6. The smallest absolute Gasteiger partial charge is 0.315 e. The van der Waals surface area contributed by atoms with E-state index in [9.17, 15) is 4.79 Å². The van der Waals surface area contributed by atoms with Gasteiger partial charge in [0.2, 0.25) is 0 Å². The molecule has 0 saturated carbocycles. The molecule has 1 aromatic carbocycles. The van der Waals surface area contributed by atoms with E-state index in [-0.39, 0.29) is 11.7 Å². The zero-order valence-corrected chi connectivity index (χ0v) is 12.3. The molecule has 3 rings (SSSR count). The van der Waals surface area contributed by atoms with Gasteiger partial charge in [0.25, 0.3) is 0 Å². The lowest BCUT2D eigenvalue weighted by molar-refractivity contribution is 0.0971. The van der Waals surface area contributed by atoms with Crippen LogP contribution in [0.5, 0.6) is 0 Å². The molecule has 0 aliphatic carbocycles. The van der Waals surface area contributed by atoms with E-state index >= 15 is 0 Å². The van der Waals surface area contributed by atoms with Crippen LogP contribution in [0, 0.1) is 0 Å². The number of furan rings is 1. The number of nitrogens with zero attached hydrogens (tertiary/aromatic N) is 2. The van der Waals surface area contributed by atoms with Gasteiger partial charge >= 0.3 is 5.91 Å². The summed E-state index contributed by atoms with van der Waals surface area (Å²) >= 11 is 1.45. The lowest BCUT2D eigenvalue weighted by atomic mass is 10.2. The molecule has 5 heteroatoms. The molecule has 0 N–H and O–H groups in total. The van der Waals surface area contributed by atoms with E-state index in [0.717, 1.165) is 17.8 Å². The monoisotopic (exact) mass is 298 g/mol. The molecule has 2 aromatic heterocycles. The van der Waals surface area contributed by atoms with E-state index in [2.05, 4.69) is 4.99 Å². The average Bonchev–Trinajstić information content (AvgIpc) is 3.17. The lowest BCUT2D eigenvalue weighted by Crippen LogP contribution is -2.16. The fourth-order valence-electron chi connectivity index (χ4n) is 2.11. The Morgan fingerprint density at radius 1 is 1.24 bits per heavy atom. The predicted molar refractivity (Wildman–Crippen MR) is 82.0 cm³/mol. The molecule has 106 valence electrons. The summed E-state index contributed by atoms with van der Waals surface area (Å²) in [7, 11) is 0. The summed E-state index contributed by atoms with van der Waals surface area (Å²) in [6, 6.07) is 13.4. The fourth-order valence-corrected chi connectivity index (χ4v) is 3.08. The average molecular weight is 298 g/mol. The second-order valence-corrected chi connectivity index (χ2v) is 5.24. The Kier molecular flexibility index (Phi) is 3.83. The van der Waals surface area contributed by atoms with Gasteiger partial charge in [0.1, 0.15) is 0 Å². The largest absolute Gasteiger partial charge is 0.459 e. The summed E-state index contributed by atoms with van der Waals surface area (Å²) in [4.78, 5) is 16.9. The second kappa shape index (κ2) is 5.93. The first-order valence-electron chi connectivity index (χ1n) is 6.66. The molecule has 0 saturated heterocycles. The highest BCUT2D eigenvalue weighted by Gasteiger charge is 2.10. The van der Waals surface area contributed by atoms with Crippen molar-refractivity contribution in [1.29, 1.82) is 0 Å². The predicted octanol–water partition coefficient (Wildman–Crippen LogP) is 3.57. The molecule has 0 bridgehead atoms. The minimum absolute atomic E-state index is 0.257. The van der Waals surface area contributed by atoms with Gasteiger partial charge in [-0.25, -0.2) is 0 Å². The molecule has 3 aromatic rings. The highest BCUT2D eigenvalue weighted by molar-refractivity contribution is 7.07. The van der Waals surface area contributed by atoms with Gasteiger partial charge in [-0.2, -0.15) is 4.99 Å². The van der Waals surface area contributed by atoms with Crippen LogP contribution in [0.3, 0.4) is 0 Å². The summed E-state index contributed by atoms with van der Waals surface area (Å²) in [6.45, 7) is 2.79. The van der Waals surface area contributed by atoms with Gasteiger partial charge in [-0.1, -0.05) is 30.3 Å². The minimum atomic E-state index is -0.358. The Bertz CT molecular complexity index is 798. The van der Waals surface area contributed by atoms with Crippen molar-refractivity contribution in [3.8, 4) is 11.3 Å². The zero-order chi connectivity index (χ0) is 14.7. The first-order chi connectivity index (χ1) is 10.3. The number of thiazole rings is 1. The summed E-state index contributed by atoms with van der Waals surface area (Å²) in [5.74, 6) is -0.101. The SMILES string of the molecule is CCn1c(-c2ccccc2)csc1=NC(=O)c1ccco1. The van der Waals surface area contributed by atoms with E-state index < -0.39 is 0 Å². The molecule has 1 amide bonds. The Morgan fingerprint density at radius 3 is 2.71 bits per heavy atom. The Hall–Kier alpha value is -2.40. The molecule has 0 aliphatic heterocycles. The van der Waals surface area contributed by atoms with Crippen molar-refractivity contribution in [2.75, 3.05) is 0 Å². The van der Waals surface area contributed by atoms with Crippen LogP contribution in [0.4, 0.5) is 0 Å². The van der Waals surface area contributed by atoms with Crippen molar-refractivity contribution in [3.05, 3.63) is 64.7 Å². The molecule has 2 heterocycles. The summed E-state index contributed by atoms with van der Waals surface area (Å²) < 4.78 is 7.11. The van der Waals surface area contributed by atoms with Gasteiger partial charge in [-0.05, 0) is 24.6 Å². The third-order valence-electron chi connectivity index (χ3n) is 3.11. The number of carbonyl (C=O) groups excluding carboxylic acids is 1. The van der Waals surface area contributed by atoms with Crippen LogP contribution in [0.2, 0.25) is 0 Å². The van der Waals surface area contributed by atoms with Crippen LogP contribution in [0.25, 0.3) is 11.3 Å². The molecule has 0 atom stereocenters. The molecule has 0 spiro atoms. The van der Waals surface area contributed by atoms with E-state index in [1.54, 1.807) is 12.1 Å². The minimum Gasteiger partial charge on any atom is -0.459 e. The third-order valence-corrected chi connectivity index (χ3v) is 3.98. The van der Waals surface area contributed by atoms with Crippen LogP contribution in [0.15, 0.2) is 63.5 Å². The van der Waals surface area contributed by atoms with Crippen LogP contribution < -0.4 is 4.80 Å². The Morgan fingerprint density at radius 2 is 2.05 bits per heavy atom. The maximum atomic E-state index is 12.0. The van der Waals surface area contributed by atoms with Crippen LogP contribution in [0.1, 0.15) is 17.5 Å². The van der Waals surface area contributed by atoms with E-state index in [1.807, 2.05) is 47.2 Å². The third kappa shape index (κ3) is 2.73. The molecule has 0 radical (unpaired) electrons. The first-order valence-corrected chi connectivity index (χ1v) is 7.54. The lowest BCUT2D eigenvalue weighted by Gasteiger charge is -2.05. The molecule has 0 unspecified atom stereocenters. The second-order valence-electron chi connectivity index (χ2n) is 4.41. The van der Waals surface area contributed by atoms with Crippen molar-refractivity contribution < 1.29 is 9.21 Å². The summed E-state index contributed by atoms with van der Waals surface area (Å²) in [5, 5.41) is 2.02. The van der Waals surface area contributed by atoms with E-state index in [1.165, 1.54) is 17.6 Å². The summed E-state index contributed by atoms with van der Waals surface area (Å²) in [6.07, 6.45) is 1.47. The number of aromatic nitrogens is 1. The topological polar surface area (TPSA) is 47.5 Å². The van der Waals surface area contributed by atoms with Gasteiger partial charge in [-0.3, -0.25) is 4.79 Å². The number of carbonyl (C=O) groups is 1. The maximum Gasteiger partial charge on any atom is 0.315 e. The normalized spacial score (nSPS) is 11.8. The van der Waals surface area contributed by atoms with Gasteiger partial charge in [0.15, 0.2) is 10.6 Å². The standard InChI is InChI=1S/C16H14N2O2S/c1-2-18-13(12-7-4-3-5-8-12)11-21-16(18)17-15(19)14-9-6-10-20-14/h3-11H,2H2,1H3. The Labute approximate surface area is 126 Å². The maximum absolute atomic E-state index is 12.0. The van der Waals surface area contributed by atoms with Gasteiger partial charge in [0, 0.05) is 11.9 Å². The van der Waals surface area contributed by atoms with Crippen molar-refractivity contribution in [1.82, 2.24) is 4.57 Å². The van der Waals surface area contributed by atoms with Gasteiger partial charge in [-0.15, -0.1) is 11.3 Å². The van der Waals surface area contributed by atoms with Crippen LogP contribution >= 0.6 is 11.3 Å². The molecular formula is C16H14N2O2S. The molecule has 4 nitrogen and oxygen atoms in total. The molecular weight excluding hydrogens is 284 g/mol. The highest BCUT2D eigenvalue weighted by atomic mass is 32.1. The number of rotatable bonds is 3. The zero-order valence-electron chi connectivity index (χ0n) is 11.5. The quantitative estimate of drug-likeness (QED) is 0.742. The van der Waals surface area contributed by atoms with E-state index in [0.29, 0.717) is 4.80 Å². The number of hydrogen-bond acceptors (Lipinski definition) is 3. The van der Waals surface area contributed by atoms with Crippen molar-refractivity contribution in [2.24, 2.45) is 4.99 Å². The van der Waals surface area contributed by atoms with E-state index in [4.69, 9.17) is 4.42 Å². The van der Waals surface area contributed by atoms with Gasteiger partial charge in [0.05, 0.1) is 12.0 Å². The highest BCUT2D eigenvalue weighted by Crippen LogP contribution is 2.19. The van der Waals surface area contributed by atoms with Crippen molar-refractivity contribution in [3.63, 3.8) is 0 Å².